The van der Waals surface area contributed by atoms with Crippen LogP contribution in [-0.2, 0) is 11.0 Å². The number of fused-ring (bicyclic) bond motifs is 1. The summed E-state index contributed by atoms with van der Waals surface area (Å²) in [5, 5.41) is 5.05. The molecule has 0 aliphatic rings. The van der Waals surface area contributed by atoms with E-state index >= 15 is 0 Å². The normalized spacial score (nSPS) is 12.0. The van der Waals surface area contributed by atoms with E-state index in [1.165, 1.54) is 24.4 Å². The number of oxazole rings is 1. The molecule has 9 nitrogen and oxygen atoms in total. The van der Waals surface area contributed by atoms with Crippen LogP contribution in [0.3, 0.4) is 0 Å². The quantitative estimate of drug-likeness (QED) is 0.321. The molecule has 0 aliphatic heterocycles. The SMILES string of the molecule is Cc1cnc(Nc2ccc(C(F)(F)F)c(Cl)c2)nc1Nc1ccc2oc(=O)n(OC(=O)C(F)(F)F)c2c1. The molecule has 0 atom stereocenters. The van der Waals surface area contributed by atoms with E-state index in [1.807, 2.05) is 0 Å². The van der Waals surface area contributed by atoms with Crippen LogP contribution in [0, 0.1) is 6.92 Å². The Balaban J connectivity index is 1.60. The van der Waals surface area contributed by atoms with Gasteiger partial charge in [0, 0.05) is 23.1 Å². The van der Waals surface area contributed by atoms with Crippen molar-refractivity contribution in [3.05, 3.63) is 69.3 Å². The highest BCUT2D eigenvalue weighted by molar-refractivity contribution is 6.31. The Bertz CT molecular complexity index is 1560. The summed E-state index contributed by atoms with van der Waals surface area (Å²) in [6.45, 7) is 1.62. The van der Waals surface area contributed by atoms with Gasteiger partial charge in [0.15, 0.2) is 5.58 Å². The molecule has 37 heavy (non-hydrogen) atoms. The van der Waals surface area contributed by atoms with Gasteiger partial charge >= 0.3 is 24.1 Å². The number of aromatic nitrogens is 3. The van der Waals surface area contributed by atoms with Crippen molar-refractivity contribution in [2.24, 2.45) is 0 Å². The first-order valence-electron chi connectivity index (χ1n) is 9.92. The Morgan fingerprint density at radius 1 is 1.05 bits per heavy atom. The van der Waals surface area contributed by atoms with Crippen molar-refractivity contribution in [2.45, 2.75) is 19.3 Å². The van der Waals surface area contributed by atoms with Gasteiger partial charge in [-0.25, -0.2) is 14.6 Å². The first-order valence-corrected chi connectivity index (χ1v) is 10.3. The zero-order valence-corrected chi connectivity index (χ0v) is 18.9. The number of carbonyl (C=O) groups is 1. The van der Waals surface area contributed by atoms with E-state index in [2.05, 4.69) is 25.4 Å². The summed E-state index contributed by atoms with van der Waals surface area (Å²) in [5.74, 6) is -3.81. The smallest absolute Gasteiger partial charge is 0.405 e. The fraction of sp³-hybridized carbons (Fsp3) is 0.143. The second kappa shape index (κ2) is 9.31. The maximum Gasteiger partial charge on any atom is 0.493 e. The zero-order chi connectivity index (χ0) is 27.1. The number of aryl methyl sites for hydroxylation is 1. The van der Waals surface area contributed by atoms with Gasteiger partial charge in [-0.1, -0.05) is 16.3 Å². The van der Waals surface area contributed by atoms with Crippen LogP contribution >= 0.6 is 11.6 Å². The van der Waals surface area contributed by atoms with E-state index in [4.69, 9.17) is 16.0 Å². The summed E-state index contributed by atoms with van der Waals surface area (Å²) >= 11 is 5.72. The maximum atomic E-state index is 12.9. The van der Waals surface area contributed by atoms with Gasteiger partial charge in [-0.2, -0.15) is 31.3 Å². The van der Waals surface area contributed by atoms with E-state index in [0.717, 1.165) is 18.2 Å². The summed E-state index contributed by atoms with van der Waals surface area (Å²) in [6.07, 6.45) is -8.59. The van der Waals surface area contributed by atoms with Crippen LogP contribution in [0.2, 0.25) is 5.02 Å². The third-order valence-electron chi connectivity index (χ3n) is 4.71. The molecule has 2 heterocycles. The Hall–Kier alpha value is -4.27. The molecule has 16 heteroatoms. The summed E-state index contributed by atoms with van der Waals surface area (Å²) < 4.78 is 81.3. The van der Waals surface area contributed by atoms with Crippen LogP contribution in [0.5, 0.6) is 0 Å². The topological polar surface area (TPSA) is 111 Å². The number of hydrogen-bond donors (Lipinski definition) is 2. The molecule has 2 aromatic carbocycles. The third kappa shape index (κ3) is 5.61. The van der Waals surface area contributed by atoms with Gasteiger partial charge in [-0.3, -0.25) is 0 Å². The van der Waals surface area contributed by atoms with Crippen molar-refractivity contribution in [1.82, 2.24) is 14.7 Å². The predicted molar refractivity (Wildman–Crippen MR) is 118 cm³/mol. The first-order chi connectivity index (χ1) is 17.2. The van der Waals surface area contributed by atoms with Gasteiger partial charge in [0.05, 0.1) is 10.6 Å². The van der Waals surface area contributed by atoms with Gasteiger partial charge in [-0.05, 0) is 43.3 Å². The van der Waals surface area contributed by atoms with Gasteiger partial charge in [-0.15, -0.1) is 0 Å². The summed E-state index contributed by atoms with van der Waals surface area (Å²) in [7, 11) is 0. The molecule has 0 fully saturated rings. The minimum Gasteiger partial charge on any atom is -0.405 e. The fourth-order valence-electron chi connectivity index (χ4n) is 3.01. The second-order valence-electron chi connectivity index (χ2n) is 7.39. The maximum absolute atomic E-state index is 12.9. The van der Waals surface area contributed by atoms with E-state index < -0.39 is 34.7 Å². The number of halogens is 7. The van der Waals surface area contributed by atoms with Crippen LogP contribution in [0.25, 0.3) is 11.1 Å². The van der Waals surface area contributed by atoms with Crippen LogP contribution in [-0.4, -0.2) is 26.8 Å². The molecule has 0 unspecified atom stereocenters. The van der Waals surface area contributed by atoms with E-state index in [0.29, 0.717) is 5.56 Å². The van der Waals surface area contributed by atoms with Crippen molar-refractivity contribution in [3.63, 3.8) is 0 Å². The Labute approximate surface area is 206 Å². The minimum absolute atomic E-state index is 0.0238. The number of hydrogen-bond acceptors (Lipinski definition) is 8. The average molecular weight is 548 g/mol. The fourth-order valence-corrected chi connectivity index (χ4v) is 3.30. The number of anilines is 4. The molecule has 0 spiro atoms. The molecule has 0 bridgehead atoms. The van der Waals surface area contributed by atoms with Crippen molar-refractivity contribution in [3.8, 4) is 0 Å². The Morgan fingerprint density at radius 3 is 2.38 bits per heavy atom. The van der Waals surface area contributed by atoms with Gasteiger partial charge in [0.25, 0.3) is 0 Å². The molecule has 0 saturated heterocycles. The lowest BCUT2D eigenvalue weighted by molar-refractivity contribution is -0.200. The zero-order valence-electron chi connectivity index (χ0n) is 18.2. The van der Waals surface area contributed by atoms with Gasteiger partial charge in [0.1, 0.15) is 11.3 Å². The van der Waals surface area contributed by atoms with Crippen LogP contribution in [0.15, 0.2) is 51.8 Å². The number of rotatable bonds is 5. The lowest BCUT2D eigenvalue weighted by Crippen LogP contribution is -2.36. The molecular weight excluding hydrogens is 536 g/mol. The van der Waals surface area contributed by atoms with Crippen LogP contribution in [0.4, 0.5) is 49.5 Å². The number of carbonyl (C=O) groups excluding carboxylic acids is 1. The van der Waals surface area contributed by atoms with E-state index in [-0.39, 0.29) is 39.0 Å². The standard InChI is InChI=1S/C21H12ClF6N5O4/c1-9-8-29-18(31-10-2-4-12(13(22)6-10)20(23,24)25)32-16(9)30-11-3-5-15-14(7-11)33(19(35)36-15)37-17(34)21(26,27)28/h2-8H,1H3,(H2,29,30,31,32). The summed E-state index contributed by atoms with van der Waals surface area (Å²) in [6, 6.07) is 6.81. The van der Waals surface area contributed by atoms with Gasteiger partial charge in [0.2, 0.25) is 5.95 Å². The van der Waals surface area contributed by atoms with Crippen molar-refractivity contribution >= 4 is 51.8 Å². The van der Waals surface area contributed by atoms with E-state index in [9.17, 15) is 35.9 Å². The number of alkyl halides is 6. The molecular formula is C21H12ClF6N5O4. The van der Waals surface area contributed by atoms with E-state index in [1.54, 1.807) is 6.92 Å². The van der Waals surface area contributed by atoms with Crippen LogP contribution in [0.1, 0.15) is 11.1 Å². The first kappa shape index (κ1) is 25.8. The Kier molecular flexibility index (Phi) is 6.50. The van der Waals surface area contributed by atoms with Crippen molar-refractivity contribution in [2.75, 3.05) is 10.6 Å². The molecule has 0 amide bonds. The second-order valence-corrected chi connectivity index (χ2v) is 7.80. The number of nitrogens with one attached hydrogen (secondary N) is 2. The Morgan fingerprint density at radius 2 is 1.73 bits per heavy atom. The van der Waals surface area contributed by atoms with Crippen LogP contribution < -0.4 is 21.2 Å². The monoisotopic (exact) mass is 547 g/mol. The average Bonchev–Trinajstić information content (AvgIpc) is 3.09. The minimum atomic E-state index is -5.35. The largest absolute Gasteiger partial charge is 0.493 e. The van der Waals surface area contributed by atoms with Crippen molar-refractivity contribution in [1.29, 1.82) is 0 Å². The molecule has 0 radical (unpaired) electrons. The summed E-state index contributed by atoms with van der Waals surface area (Å²) in [5.41, 5.74) is -0.577. The molecule has 2 N–H and O–H groups in total. The number of benzene rings is 2. The lowest BCUT2D eigenvalue weighted by atomic mass is 10.2. The van der Waals surface area contributed by atoms with Crippen molar-refractivity contribution < 1.29 is 40.4 Å². The predicted octanol–water partition coefficient (Wildman–Crippen LogP) is 5.37. The van der Waals surface area contributed by atoms with Gasteiger partial charge < -0.3 is 19.9 Å². The molecule has 4 aromatic rings. The highest BCUT2D eigenvalue weighted by atomic mass is 35.5. The number of nitrogens with zero attached hydrogens (tertiary/aromatic N) is 3. The lowest BCUT2D eigenvalue weighted by Gasteiger charge is -2.13. The third-order valence-corrected chi connectivity index (χ3v) is 5.02. The molecule has 194 valence electrons. The molecule has 4 rings (SSSR count). The highest BCUT2D eigenvalue weighted by Crippen LogP contribution is 2.36. The highest BCUT2D eigenvalue weighted by Gasteiger charge is 2.42. The molecule has 0 aliphatic carbocycles. The molecule has 2 aromatic heterocycles. The summed E-state index contributed by atoms with van der Waals surface area (Å²) in [4.78, 5) is 35.4. The molecule has 0 saturated carbocycles.